The lowest BCUT2D eigenvalue weighted by atomic mass is 10.2. The Hall–Kier alpha value is -3.68. The molecule has 0 unspecified atom stereocenters. The predicted molar refractivity (Wildman–Crippen MR) is 93.7 cm³/mol. The summed E-state index contributed by atoms with van der Waals surface area (Å²) >= 11 is 0. The van der Waals surface area contributed by atoms with Gasteiger partial charge in [0.1, 0.15) is 17.9 Å². The number of benzene rings is 1. The molecule has 2 aromatic heterocycles. The maximum atomic E-state index is 11.9. The second-order valence-electron chi connectivity index (χ2n) is 5.45. The van der Waals surface area contributed by atoms with E-state index in [-0.39, 0.29) is 12.5 Å². The van der Waals surface area contributed by atoms with Crippen LogP contribution in [-0.2, 0) is 11.3 Å². The number of aromatic nitrogens is 3. The molecule has 0 aliphatic carbocycles. The fourth-order valence-corrected chi connectivity index (χ4v) is 2.18. The molecule has 26 heavy (non-hydrogen) atoms. The van der Waals surface area contributed by atoms with Crippen molar-refractivity contribution in [3.05, 3.63) is 72.4 Å². The van der Waals surface area contributed by atoms with Gasteiger partial charge in [-0.25, -0.2) is 9.97 Å². The molecular weight excluding hydrogens is 334 g/mol. The van der Waals surface area contributed by atoms with Crippen molar-refractivity contribution in [3.63, 3.8) is 0 Å². The van der Waals surface area contributed by atoms with E-state index in [4.69, 9.17) is 10.5 Å². The van der Waals surface area contributed by atoms with Gasteiger partial charge in [-0.05, 0) is 35.9 Å². The monoisotopic (exact) mass is 351 g/mol. The molecule has 2 amide bonds. The van der Waals surface area contributed by atoms with Gasteiger partial charge in [-0.1, -0.05) is 6.07 Å². The number of nitrogens with zero attached hydrogens (tertiary/aromatic N) is 3. The van der Waals surface area contributed by atoms with Gasteiger partial charge in [0, 0.05) is 30.7 Å². The molecule has 132 valence electrons. The van der Waals surface area contributed by atoms with Crippen molar-refractivity contribution in [2.24, 2.45) is 5.73 Å². The van der Waals surface area contributed by atoms with Crippen LogP contribution in [-0.4, -0.2) is 33.0 Å². The third-order valence-electron chi connectivity index (χ3n) is 3.58. The van der Waals surface area contributed by atoms with Crippen molar-refractivity contribution in [3.8, 4) is 11.6 Å². The predicted octanol–water partition coefficient (Wildman–Crippen LogP) is 1.06. The zero-order chi connectivity index (χ0) is 18.4. The number of carbonyl (C=O) groups is 2. The lowest BCUT2D eigenvalue weighted by molar-refractivity contribution is -0.123. The summed E-state index contributed by atoms with van der Waals surface area (Å²) < 4.78 is 7.16. The van der Waals surface area contributed by atoms with Gasteiger partial charge in [0.05, 0.1) is 0 Å². The van der Waals surface area contributed by atoms with Crippen LogP contribution in [0.2, 0.25) is 0 Å². The van der Waals surface area contributed by atoms with Gasteiger partial charge in [0.2, 0.25) is 5.91 Å². The third kappa shape index (κ3) is 4.44. The minimum Gasteiger partial charge on any atom is -0.484 e. The first-order chi connectivity index (χ1) is 12.6. The molecule has 0 bridgehead atoms. The summed E-state index contributed by atoms with van der Waals surface area (Å²) in [5.74, 6) is 0.460. The summed E-state index contributed by atoms with van der Waals surface area (Å²) in [4.78, 5) is 31.2. The molecule has 1 aromatic carbocycles. The average molecular weight is 351 g/mol. The number of hydrogen-bond acceptors (Lipinski definition) is 5. The van der Waals surface area contributed by atoms with E-state index < -0.39 is 5.91 Å². The Morgan fingerprint density at radius 3 is 2.58 bits per heavy atom. The normalized spacial score (nSPS) is 10.3. The van der Waals surface area contributed by atoms with E-state index in [0.29, 0.717) is 17.9 Å². The lowest BCUT2D eigenvalue weighted by Gasteiger charge is -2.08. The summed E-state index contributed by atoms with van der Waals surface area (Å²) in [7, 11) is 0. The van der Waals surface area contributed by atoms with Crippen molar-refractivity contribution in [1.82, 2.24) is 19.9 Å². The van der Waals surface area contributed by atoms with Crippen molar-refractivity contribution in [1.29, 1.82) is 0 Å². The van der Waals surface area contributed by atoms with Crippen LogP contribution in [0.25, 0.3) is 5.82 Å². The van der Waals surface area contributed by atoms with Crippen LogP contribution in [0.5, 0.6) is 5.75 Å². The number of amides is 2. The maximum absolute atomic E-state index is 11.9. The molecule has 0 saturated carbocycles. The summed E-state index contributed by atoms with van der Waals surface area (Å²) in [6, 6.07) is 10.00. The molecule has 0 aliphatic rings. The van der Waals surface area contributed by atoms with E-state index in [2.05, 4.69) is 15.3 Å². The highest BCUT2D eigenvalue weighted by molar-refractivity contribution is 5.92. The van der Waals surface area contributed by atoms with Gasteiger partial charge in [-0.2, -0.15) is 0 Å². The minimum atomic E-state index is -0.512. The summed E-state index contributed by atoms with van der Waals surface area (Å²) in [6.45, 7) is 0.219. The van der Waals surface area contributed by atoms with Gasteiger partial charge in [0.15, 0.2) is 6.61 Å². The van der Waals surface area contributed by atoms with Crippen molar-refractivity contribution in [2.75, 3.05) is 6.61 Å². The van der Waals surface area contributed by atoms with E-state index in [1.807, 2.05) is 12.1 Å². The SMILES string of the molecule is NC(=O)c1ccc(OCC(=O)NCc2ccc(-n3ccnc3)nc2)cc1. The summed E-state index contributed by atoms with van der Waals surface area (Å²) in [6.07, 6.45) is 6.84. The molecule has 3 aromatic rings. The topological polar surface area (TPSA) is 112 Å². The molecule has 2 heterocycles. The molecule has 8 nitrogen and oxygen atoms in total. The largest absolute Gasteiger partial charge is 0.484 e. The van der Waals surface area contributed by atoms with Gasteiger partial charge >= 0.3 is 0 Å². The summed E-state index contributed by atoms with van der Waals surface area (Å²) in [5, 5.41) is 2.76. The first kappa shape index (κ1) is 17.2. The second-order valence-corrected chi connectivity index (χ2v) is 5.45. The van der Waals surface area contributed by atoms with Gasteiger partial charge in [0.25, 0.3) is 5.91 Å². The Kier molecular flexibility index (Phi) is 5.23. The molecule has 0 radical (unpaired) electrons. The molecular formula is C18H17N5O3. The van der Waals surface area contributed by atoms with Gasteiger partial charge in [-0.3, -0.25) is 14.2 Å². The molecule has 8 heteroatoms. The first-order valence-electron chi connectivity index (χ1n) is 7.84. The van der Waals surface area contributed by atoms with E-state index in [1.165, 1.54) is 0 Å². The molecule has 3 rings (SSSR count). The lowest BCUT2D eigenvalue weighted by Crippen LogP contribution is -2.28. The highest BCUT2D eigenvalue weighted by atomic mass is 16.5. The highest BCUT2D eigenvalue weighted by Crippen LogP contribution is 2.11. The van der Waals surface area contributed by atoms with Crippen LogP contribution < -0.4 is 15.8 Å². The number of pyridine rings is 1. The Morgan fingerprint density at radius 2 is 1.96 bits per heavy atom. The quantitative estimate of drug-likeness (QED) is 0.661. The molecule has 0 atom stereocenters. The first-order valence-corrected chi connectivity index (χ1v) is 7.84. The van der Waals surface area contributed by atoms with E-state index in [9.17, 15) is 9.59 Å². The number of nitrogens with one attached hydrogen (secondary N) is 1. The zero-order valence-corrected chi connectivity index (χ0v) is 13.8. The number of imidazole rings is 1. The molecule has 3 N–H and O–H groups in total. The van der Waals surface area contributed by atoms with Crippen LogP contribution >= 0.6 is 0 Å². The molecule has 0 spiro atoms. The Labute approximate surface area is 149 Å². The van der Waals surface area contributed by atoms with E-state index in [0.717, 1.165) is 11.4 Å². The fraction of sp³-hybridized carbons (Fsp3) is 0.111. The Bertz CT molecular complexity index is 874. The smallest absolute Gasteiger partial charge is 0.258 e. The fourth-order valence-electron chi connectivity index (χ4n) is 2.18. The molecule has 0 aliphatic heterocycles. The van der Waals surface area contributed by atoms with E-state index in [1.54, 1.807) is 53.8 Å². The zero-order valence-electron chi connectivity index (χ0n) is 13.8. The highest BCUT2D eigenvalue weighted by Gasteiger charge is 2.05. The van der Waals surface area contributed by atoms with Crippen LogP contribution in [0.3, 0.4) is 0 Å². The number of nitrogens with two attached hydrogens (primary N) is 1. The standard InChI is InChI=1S/C18H17N5O3/c19-18(25)14-2-4-15(5-3-14)26-11-17(24)22-10-13-1-6-16(21-9-13)23-8-7-20-12-23/h1-9,12H,10-11H2,(H2,19,25)(H,22,24). The Morgan fingerprint density at radius 1 is 1.15 bits per heavy atom. The van der Waals surface area contributed by atoms with Crippen LogP contribution in [0.1, 0.15) is 15.9 Å². The number of ether oxygens (including phenoxy) is 1. The van der Waals surface area contributed by atoms with Gasteiger partial charge < -0.3 is 15.8 Å². The van der Waals surface area contributed by atoms with Crippen LogP contribution in [0.15, 0.2) is 61.3 Å². The number of carbonyl (C=O) groups excluding carboxylic acids is 2. The number of rotatable bonds is 7. The second kappa shape index (κ2) is 7.93. The Balaban J connectivity index is 1.45. The number of hydrogen-bond donors (Lipinski definition) is 2. The maximum Gasteiger partial charge on any atom is 0.258 e. The minimum absolute atomic E-state index is 0.129. The van der Waals surface area contributed by atoms with E-state index >= 15 is 0 Å². The van der Waals surface area contributed by atoms with Crippen molar-refractivity contribution in [2.45, 2.75) is 6.54 Å². The van der Waals surface area contributed by atoms with Crippen LogP contribution in [0, 0.1) is 0 Å². The summed E-state index contributed by atoms with van der Waals surface area (Å²) in [5.41, 5.74) is 6.42. The molecule has 0 fully saturated rings. The third-order valence-corrected chi connectivity index (χ3v) is 3.58. The van der Waals surface area contributed by atoms with Crippen molar-refractivity contribution >= 4 is 11.8 Å². The van der Waals surface area contributed by atoms with Crippen molar-refractivity contribution < 1.29 is 14.3 Å². The average Bonchev–Trinajstić information content (AvgIpc) is 3.20. The number of primary amides is 1. The molecule has 0 saturated heterocycles. The van der Waals surface area contributed by atoms with Crippen LogP contribution in [0.4, 0.5) is 0 Å². The van der Waals surface area contributed by atoms with Gasteiger partial charge in [-0.15, -0.1) is 0 Å².